The van der Waals surface area contributed by atoms with Crippen molar-refractivity contribution in [3.05, 3.63) is 101 Å². The Morgan fingerprint density at radius 2 is 1.52 bits per heavy atom. The summed E-state index contributed by atoms with van der Waals surface area (Å²) in [4.78, 5) is 117. The molecule has 2 aromatic carbocycles. The third-order valence-electron chi connectivity index (χ3n) is 12.0. The molecule has 24 heteroatoms. The molecule has 75 heavy (non-hydrogen) atoms. The minimum absolute atomic E-state index is 0.0512. The van der Waals surface area contributed by atoms with E-state index in [1.165, 1.54) is 30.7 Å². The number of ether oxygens (including phenoxy) is 2. The lowest BCUT2D eigenvalue weighted by Gasteiger charge is -2.31. The molecule has 2 aliphatic heterocycles. The van der Waals surface area contributed by atoms with Crippen LogP contribution in [0.3, 0.4) is 0 Å². The summed E-state index contributed by atoms with van der Waals surface area (Å²) in [6.07, 6.45) is 8.90. The van der Waals surface area contributed by atoms with Gasteiger partial charge in [0.25, 0.3) is 17.7 Å². The van der Waals surface area contributed by atoms with Crippen molar-refractivity contribution in [3.63, 3.8) is 0 Å². The van der Waals surface area contributed by atoms with Crippen molar-refractivity contribution in [3.8, 4) is 11.3 Å². The monoisotopic (exact) mass is 1050 g/mol. The van der Waals surface area contributed by atoms with E-state index in [-0.39, 0.29) is 74.2 Å². The van der Waals surface area contributed by atoms with Crippen molar-refractivity contribution in [2.45, 2.75) is 77.5 Å². The summed E-state index contributed by atoms with van der Waals surface area (Å²) in [6, 6.07) is 11.2. The summed E-state index contributed by atoms with van der Waals surface area (Å²) < 4.78 is 10.9. The van der Waals surface area contributed by atoms with Crippen molar-refractivity contribution in [1.29, 1.82) is 0 Å². The SMILES string of the molecule is CC(C)C(NC(=O)CCCCCN1C(=O)C=CC1=O)C(=O)N[C@@H](CCCNC(N)=O)C(=O)Nc1ccc(COC(=O)NCCc2ccc(-c3cnc(N)c(C(=O)Nc4cncc(Cl)c4N4CCOCC4)n3)cc2)cc1. The van der Waals surface area contributed by atoms with Crippen molar-refractivity contribution in [2.24, 2.45) is 11.7 Å². The van der Waals surface area contributed by atoms with Gasteiger partial charge in [0.05, 0.1) is 47.7 Å². The highest BCUT2D eigenvalue weighted by atomic mass is 35.5. The number of urea groups is 1. The van der Waals surface area contributed by atoms with Crippen LogP contribution in [0.5, 0.6) is 0 Å². The molecule has 0 radical (unpaired) electrons. The average Bonchev–Trinajstić information content (AvgIpc) is 3.71. The molecule has 1 saturated heterocycles. The van der Waals surface area contributed by atoms with E-state index in [0.29, 0.717) is 97.3 Å². The number of hydrogen-bond acceptors (Lipinski definition) is 15. The number of carbonyl (C=O) groups is 8. The first-order valence-corrected chi connectivity index (χ1v) is 24.9. The van der Waals surface area contributed by atoms with E-state index in [1.54, 1.807) is 38.1 Å². The molecule has 2 aliphatic rings. The third-order valence-corrected chi connectivity index (χ3v) is 12.3. The first-order valence-electron chi connectivity index (χ1n) is 24.5. The van der Waals surface area contributed by atoms with E-state index in [2.05, 4.69) is 46.9 Å². The van der Waals surface area contributed by atoms with Gasteiger partial charge in [-0.2, -0.15) is 0 Å². The molecular weight excluding hydrogens is 990 g/mol. The summed E-state index contributed by atoms with van der Waals surface area (Å²) in [6.45, 7) is 6.36. The number of anilines is 4. The quantitative estimate of drug-likeness (QED) is 0.0346. The fraction of sp³-hybridized carbons (Fsp3) is 0.392. The molecular formula is C51H62ClN13O10. The Balaban J connectivity index is 0.937. The van der Waals surface area contributed by atoms with E-state index in [4.69, 9.17) is 32.5 Å². The molecule has 4 heterocycles. The van der Waals surface area contributed by atoms with Gasteiger partial charge in [-0.3, -0.25) is 38.7 Å². The van der Waals surface area contributed by atoms with Gasteiger partial charge in [0.1, 0.15) is 18.7 Å². The van der Waals surface area contributed by atoms with Gasteiger partial charge in [-0.15, -0.1) is 0 Å². The van der Waals surface area contributed by atoms with Crippen molar-refractivity contribution in [1.82, 2.24) is 41.1 Å². The molecule has 6 rings (SSSR count). The molecule has 398 valence electrons. The van der Waals surface area contributed by atoms with Crippen molar-refractivity contribution >= 4 is 82.0 Å². The van der Waals surface area contributed by atoms with E-state index < -0.39 is 41.9 Å². The van der Waals surface area contributed by atoms with Crippen LogP contribution in [0, 0.1) is 5.92 Å². The Bertz CT molecular complexity index is 2700. The highest BCUT2D eigenvalue weighted by Gasteiger charge is 2.29. The number of amides is 9. The number of nitrogens with zero attached hydrogens (tertiary/aromatic N) is 5. The number of unbranched alkanes of at least 4 members (excludes halogenated alkanes) is 2. The van der Waals surface area contributed by atoms with Crippen LogP contribution in [-0.2, 0) is 46.5 Å². The number of benzene rings is 2. The molecule has 2 aromatic heterocycles. The second-order valence-electron chi connectivity index (χ2n) is 18.0. The van der Waals surface area contributed by atoms with Crippen LogP contribution in [0.2, 0.25) is 5.02 Å². The zero-order valence-electron chi connectivity index (χ0n) is 41.7. The summed E-state index contributed by atoms with van der Waals surface area (Å²) >= 11 is 6.50. The number of halogens is 1. The number of rotatable bonds is 25. The Kier molecular flexibility index (Phi) is 20.8. The van der Waals surface area contributed by atoms with Crippen molar-refractivity contribution < 1.29 is 47.8 Å². The lowest BCUT2D eigenvalue weighted by Crippen LogP contribution is -2.54. The number of imide groups is 1. The zero-order valence-corrected chi connectivity index (χ0v) is 42.5. The van der Waals surface area contributed by atoms with Gasteiger partial charge in [0.2, 0.25) is 17.7 Å². The maximum atomic E-state index is 13.6. The van der Waals surface area contributed by atoms with Crippen LogP contribution < -0.4 is 48.3 Å². The van der Waals surface area contributed by atoms with Crippen LogP contribution in [0.4, 0.5) is 32.5 Å². The number of nitrogens with two attached hydrogens (primary N) is 2. The Hall–Kier alpha value is -8.18. The molecule has 4 aromatic rings. The van der Waals surface area contributed by atoms with E-state index in [9.17, 15) is 38.4 Å². The second kappa shape index (κ2) is 27.8. The second-order valence-corrected chi connectivity index (χ2v) is 18.4. The molecule has 0 aliphatic carbocycles. The van der Waals surface area contributed by atoms with Crippen LogP contribution >= 0.6 is 11.6 Å². The summed E-state index contributed by atoms with van der Waals surface area (Å²) in [7, 11) is 0. The molecule has 0 spiro atoms. The fourth-order valence-electron chi connectivity index (χ4n) is 7.99. The number of pyridine rings is 1. The smallest absolute Gasteiger partial charge is 0.407 e. The van der Waals surface area contributed by atoms with Gasteiger partial charge in [-0.1, -0.05) is 68.3 Å². The molecule has 2 atom stereocenters. The van der Waals surface area contributed by atoms with E-state index in [1.807, 2.05) is 29.2 Å². The topological polar surface area (TPSA) is 324 Å². The average molecular weight is 1050 g/mol. The number of morpholine rings is 1. The first kappa shape index (κ1) is 56.1. The van der Waals surface area contributed by atoms with Crippen LogP contribution in [0.25, 0.3) is 11.3 Å². The van der Waals surface area contributed by atoms with Crippen molar-refractivity contribution in [2.75, 3.05) is 67.2 Å². The molecule has 9 amide bonds. The van der Waals surface area contributed by atoms with Gasteiger partial charge in [-0.25, -0.2) is 19.6 Å². The van der Waals surface area contributed by atoms with Gasteiger partial charge in [0.15, 0.2) is 11.5 Å². The Morgan fingerprint density at radius 3 is 2.21 bits per heavy atom. The fourth-order valence-corrected chi connectivity index (χ4v) is 8.27. The Labute approximate surface area is 438 Å². The van der Waals surface area contributed by atoms with Gasteiger partial charge < -0.3 is 57.7 Å². The standard InChI is InChI=1S/C51H62ClN13O10/c1-31(2)43(63-40(66)8-4-3-5-22-65-41(67)17-18-42(65)68)48(70)61-37(7-6-20-56-50(54)72)47(69)59-35-15-11-33(12-16-35)30-75-51(73)57-21-19-32-9-13-34(14-10-32)38-29-58-46(53)44(60-38)49(71)62-39-28-55-27-36(52)45(39)64-23-25-74-26-24-64/h9-18,27-29,31,37,43H,3-8,19-26,30H2,1-2H3,(H2,53,58)(H,57,73)(H,59,69)(H,61,70)(H,62,71)(H,63,66)(H3,54,56,72)/t37-,43?/m0/s1. The summed E-state index contributed by atoms with van der Waals surface area (Å²) in [5, 5.41) is 16.7. The van der Waals surface area contributed by atoms with Gasteiger partial charge >= 0.3 is 12.1 Å². The largest absolute Gasteiger partial charge is 0.445 e. The normalized spacial score (nSPS) is 14.0. The number of nitrogen functional groups attached to an aromatic ring is 1. The number of nitrogens with one attached hydrogen (secondary N) is 6. The maximum absolute atomic E-state index is 13.6. The molecule has 1 unspecified atom stereocenters. The van der Waals surface area contributed by atoms with Crippen LogP contribution in [0.1, 0.15) is 74.0 Å². The number of alkyl carbamates (subject to hydrolysis) is 1. The van der Waals surface area contributed by atoms with Crippen LogP contribution in [0.15, 0.2) is 79.3 Å². The minimum atomic E-state index is -1.05. The predicted octanol–water partition coefficient (Wildman–Crippen LogP) is 3.83. The maximum Gasteiger partial charge on any atom is 0.407 e. The van der Waals surface area contributed by atoms with E-state index in [0.717, 1.165) is 10.5 Å². The number of hydrogen-bond donors (Lipinski definition) is 8. The highest BCUT2D eigenvalue weighted by molar-refractivity contribution is 6.34. The number of aromatic nitrogens is 3. The minimum Gasteiger partial charge on any atom is -0.445 e. The molecule has 1 fully saturated rings. The first-order chi connectivity index (χ1) is 36.1. The van der Waals surface area contributed by atoms with Gasteiger partial charge in [0, 0.05) is 68.7 Å². The number of carbonyl (C=O) groups excluding carboxylic acids is 8. The summed E-state index contributed by atoms with van der Waals surface area (Å²) in [5.41, 5.74) is 15.3. The molecule has 23 nitrogen and oxygen atoms in total. The zero-order chi connectivity index (χ0) is 53.9. The summed E-state index contributed by atoms with van der Waals surface area (Å²) in [5.74, 6) is -3.16. The highest BCUT2D eigenvalue weighted by Crippen LogP contribution is 2.34. The van der Waals surface area contributed by atoms with Crippen LogP contribution in [-0.4, -0.2) is 125 Å². The molecule has 0 saturated carbocycles. The molecule has 0 bridgehead atoms. The number of primary amides is 1. The predicted molar refractivity (Wildman–Crippen MR) is 279 cm³/mol. The third kappa shape index (κ3) is 16.9. The van der Waals surface area contributed by atoms with E-state index >= 15 is 0 Å². The lowest BCUT2D eigenvalue weighted by molar-refractivity contribution is -0.137. The van der Waals surface area contributed by atoms with Gasteiger partial charge in [-0.05, 0) is 61.3 Å². The Morgan fingerprint density at radius 1 is 0.813 bits per heavy atom. The molecule has 10 N–H and O–H groups in total. The lowest BCUT2D eigenvalue weighted by atomic mass is 10.0.